The number of allylic oxidation sites excluding steroid dienone is 4. The van der Waals surface area contributed by atoms with Crippen LogP contribution in [0.5, 0.6) is 0 Å². The average molecular weight is 194 g/mol. The summed E-state index contributed by atoms with van der Waals surface area (Å²) in [5.41, 5.74) is 1.09. The van der Waals surface area contributed by atoms with Crippen LogP contribution in [0.15, 0.2) is 36.5 Å². The Bertz CT molecular complexity index is 232. The maximum Gasteiger partial charge on any atom is 0.0603 e. The predicted molar refractivity (Wildman–Crippen MR) is 63.2 cm³/mol. The van der Waals surface area contributed by atoms with Gasteiger partial charge in [0, 0.05) is 5.41 Å². The second-order valence-corrected chi connectivity index (χ2v) is 4.26. The summed E-state index contributed by atoms with van der Waals surface area (Å²) in [6, 6.07) is 0. The Labute approximate surface area is 87.8 Å². The van der Waals surface area contributed by atoms with Crippen LogP contribution in [0.2, 0.25) is 0 Å². The highest BCUT2D eigenvalue weighted by molar-refractivity contribution is 5.10. The highest BCUT2D eigenvalue weighted by Crippen LogP contribution is 2.29. The van der Waals surface area contributed by atoms with Crippen LogP contribution in [0.4, 0.5) is 0 Å². The maximum absolute atomic E-state index is 9.70. The van der Waals surface area contributed by atoms with Gasteiger partial charge >= 0.3 is 0 Å². The summed E-state index contributed by atoms with van der Waals surface area (Å²) in [4.78, 5) is 0. The minimum atomic E-state index is -0.353. The molecule has 0 aliphatic carbocycles. The summed E-state index contributed by atoms with van der Waals surface area (Å²) in [5, 5.41) is 9.70. The molecule has 14 heavy (non-hydrogen) atoms. The minimum absolute atomic E-state index is 0.189. The van der Waals surface area contributed by atoms with Crippen molar-refractivity contribution in [3.63, 3.8) is 0 Å². The lowest BCUT2D eigenvalue weighted by atomic mass is 9.81. The van der Waals surface area contributed by atoms with Crippen molar-refractivity contribution in [3.8, 4) is 0 Å². The molecule has 0 bridgehead atoms. The molecule has 0 aromatic rings. The molecule has 0 spiro atoms. The third kappa shape index (κ3) is 4.43. The van der Waals surface area contributed by atoms with Gasteiger partial charge in [-0.15, -0.1) is 0 Å². The fraction of sp³-hybridized carbons (Fsp3) is 0.538. The summed E-state index contributed by atoms with van der Waals surface area (Å²) in [7, 11) is 0. The quantitative estimate of drug-likeness (QED) is 0.525. The lowest BCUT2D eigenvalue weighted by Crippen LogP contribution is -2.27. The van der Waals surface area contributed by atoms with Crippen molar-refractivity contribution in [1.29, 1.82) is 0 Å². The third-order valence-corrected chi connectivity index (χ3v) is 2.52. The Hall–Kier alpha value is -0.820. The number of hydrogen-bond acceptors (Lipinski definition) is 1. The molecular formula is C13H22O. The molecule has 0 amide bonds. The van der Waals surface area contributed by atoms with Crippen molar-refractivity contribution in [1.82, 2.24) is 0 Å². The average Bonchev–Trinajstić information content (AvgIpc) is 2.11. The number of hydrogen-bond donors (Lipinski definition) is 1. The number of aliphatic hydroxyl groups is 1. The van der Waals surface area contributed by atoms with Crippen molar-refractivity contribution in [3.05, 3.63) is 36.5 Å². The molecule has 0 rings (SSSR count). The largest absolute Gasteiger partial charge is 0.393 e. The van der Waals surface area contributed by atoms with Gasteiger partial charge in [-0.05, 0) is 27.2 Å². The molecule has 0 fully saturated rings. The third-order valence-electron chi connectivity index (χ3n) is 2.52. The van der Waals surface area contributed by atoms with Crippen LogP contribution in [0.3, 0.4) is 0 Å². The van der Waals surface area contributed by atoms with Gasteiger partial charge in [-0.3, -0.25) is 0 Å². The molecular weight excluding hydrogens is 172 g/mol. The van der Waals surface area contributed by atoms with Gasteiger partial charge in [0.05, 0.1) is 6.10 Å². The van der Waals surface area contributed by atoms with E-state index < -0.39 is 0 Å². The van der Waals surface area contributed by atoms with Crippen molar-refractivity contribution in [2.45, 2.75) is 40.2 Å². The zero-order chi connectivity index (χ0) is 11.2. The van der Waals surface area contributed by atoms with Crippen LogP contribution in [0.25, 0.3) is 0 Å². The van der Waals surface area contributed by atoms with Crippen LogP contribution in [0, 0.1) is 5.41 Å². The first kappa shape index (κ1) is 13.2. The Balaban J connectivity index is 4.63. The fourth-order valence-corrected chi connectivity index (χ4v) is 1.09. The summed E-state index contributed by atoms with van der Waals surface area (Å²) in [5.74, 6) is 0. The van der Waals surface area contributed by atoms with Gasteiger partial charge in [0.15, 0.2) is 0 Å². The monoisotopic (exact) mass is 194 g/mol. The first-order valence-electron chi connectivity index (χ1n) is 5.04. The molecule has 0 aliphatic rings. The normalized spacial score (nSPS) is 17.5. The van der Waals surface area contributed by atoms with Gasteiger partial charge in [0.2, 0.25) is 0 Å². The van der Waals surface area contributed by atoms with Crippen molar-refractivity contribution < 1.29 is 5.11 Å². The Morgan fingerprint density at radius 1 is 1.50 bits per heavy atom. The van der Waals surface area contributed by atoms with Gasteiger partial charge < -0.3 is 5.11 Å². The molecule has 2 atom stereocenters. The van der Waals surface area contributed by atoms with Crippen LogP contribution < -0.4 is 0 Å². The molecule has 0 saturated heterocycles. The zero-order valence-electron chi connectivity index (χ0n) is 9.75. The van der Waals surface area contributed by atoms with E-state index in [9.17, 15) is 5.11 Å². The van der Waals surface area contributed by atoms with Crippen molar-refractivity contribution >= 4 is 0 Å². The van der Waals surface area contributed by atoms with E-state index in [2.05, 4.69) is 33.4 Å². The van der Waals surface area contributed by atoms with E-state index in [0.717, 1.165) is 6.42 Å². The summed E-state index contributed by atoms with van der Waals surface area (Å²) >= 11 is 0. The van der Waals surface area contributed by atoms with E-state index in [1.807, 2.05) is 19.1 Å². The van der Waals surface area contributed by atoms with E-state index in [4.69, 9.17) is 0 Å². The molecule has 1 N–H and O–H groups in total. The second-order valence-electron chi connectivity index (χ2n) is 4.26. The SMILES string of the molecule is C=CC=CC(C)(CC=C(C)C)C(C)O. The first-order chi connectivity index (χ1) is 6.42. The van der Waals surface area contributed by atoms with E-state index in [1.165, 1.54) is 5.57 Å². The first-order valence-corrected chi connectivity index (χ1v) is 5.04. The van der Waals surface area contributed by atoms with Gasteiger partial charge in [0.1, 0.15) is 0 Å². The van der Waals surface area contributed by atoms with Gasteiger partial charge in [0.25, 0.3) is 0 Å². The predicted octanol–water partition coefficient (Wildman–Crippen LogP) is 3.47. The molecule has 2 unspecified atom stereocenters. The molecule has 1 heteroatoms. The maximum atomic E-state index is 9.70. The summed E-state index contributed by atoms with van der Waals surface area (Å²) in [6.45, 7) is 11.7. The fourth-order valence-electron chi connectivity index (χ4n) is 1.09. The van der Waals surface area contributed by atoms with Crippen LogP contribution in [-0.2, 0) is 0 Å². The molecule has 0 radical (unpaired) electrons. The molecule has 80 valence electrons. The van der Waals surface area contributed by atoms with Crippen molar-refractivity contribution in [2.24, 2.45) is 5.41 Å². The Morgan fingerprint density at radius 2 is 2.07 bits per heavy atom. The summed E-state index contributed by atoms with van der Waals surface area (Å²) < 4.78 is 0. The standard InChI is InChI=1S/C13H22O/c1-6-7-9-13(5,12(4)14)10-8-11(2)3/h6-9,12,14H,1,10H2,2-5H3. The highest BCUT2D eigenvalue weighted by Gasteiger charge is 2.25. The van der Waals surface area contributed by atoms with Crippen molar-refractivity contribution in [2.75, 3.05) is 0 Å². The Morgan fingerprint density at radius 3 is 2.43 bits per heavy atom. The highest BCUT2D eigenvalue weighted by atomic mass is 16.3. The van der Waals surface area contributed by atoms with Gasteiger partial charge in [-0.2, -0.15) is 0 Å². The van der Waals surface area contributed by atoms with E-state index in [-0.39, 0.29) is 11.5 Å². The van der Waals surface area contributed by atoms with E-state index in [1.54, 1.807) is 6.08 Å². The van der Waals surface area contributed by atoms with Gasteiger partial charge in [-0.1, -0.05) is 43.4 Å². The van der Waals surface area contributed by atoms with Crippen LogP contribution in [0.1, 0.15) is 34.1 Å². The minimum Gasteiger partial charge on any atom is -0.393 e. The van der Waals surface area contributed by atoms with Gasteiger partial charge in [-0.25, -0.2) is 0 Å². The molecule has 0 heterocycles. The topological polar surface area (TPSA) is 20.2 Å². The smallest absolute Gasteiger partial charge is 0.0603 e. The molecule has 0 saturated carbocycles. The lowest BCUT2D eigenvalue weighted by molar-refractivity contribution is 0.0889. The number of rotatable bonds is 5. The molecule has 0 aromatic carbocycles. The lowest BCUT2D eigenvalue weighted by Gasteiger charge is -2.28. The zero-order valence-corrected chi connectivity index (χ0v) is 9.75. The van der Waals surface area contributed by atoms with Crippen LogP contribution in [-0.4, -0.2) is 11.2 Å². The molecule has 1 nitrogen and oxygen atoms in total. The summed E-state index contributed by atoms with van der Waals surface area (Å²) in [6.07, 6.45) is 8.31. The second kappa shape index (κ2) is 5.82. The van der Waals surface area contributed by atoms with E-state index >= 15 is 0 Å². The van der Waals surface area contributed by atoms with Crippen LogP contribution >= 0.6 is 0 Å². The molecule has 0 aromatic heterocycles. The Kier molecular flexibility index (Phi) is 5.47. The number of aliphatic hydroxyl groups excluding tert-OH is 1. The van der Waals surface area contributed by atoms with E-state index in [0.29, 0.717) is 0 Å². The molecule has 0 aliphatic heterocycles.